The number of aromatic nitrogens is 2. The number of benzene rings is 3. The molecule has 2 heterocycles. The van der Waals surface area contributed by atoms with Gasteiger partial charge in [0.25, 0.3) is 5.56 Å². The van der Waals surface area contributed by atoms with Crippen molar-refractivity contribution in [2.24, 2.45) is 0 Å². The maximum atomic E-state index is 13.9. The van der Waals surface area contributed by atoms with Crippen molar-refractivity contribution in [1.82, 2.24) is 9.97 Å². The number of phenols is 1. The second-order valence-electron chi connectivity index (χ2n) is 6.50. The number of fused-ring (bicyclic) bond motifs is 6. The molecule has 2 aromatic heterocycles. The molecule has 0 saturated heterocycles. The number of anilines is 1. The van der Waals surface area contributed by atoms with Crippen LogP contribution in [0.2, 0.25) is 0 Å². The first-order chi connectivity index (χ1) is 13.6. The van der Waals surface area contributed by atoms with Crippen molar-refractivity contribution in [1.29, 1.82) is 0 Å². The summed E-state index contributed by atoms with van der Waals surface area (Å²) < 4.78 is 14.8. The third kappa shape index (κ3) is 2.68. The Balaban J connectivity index is 1.69. The van der Waals surface area contributed by atoms with Crippen LogP contribution in [0.1, 0.15) is 5.56 Å². The first kappa shape index (κ1) is 16.7. The van der Waals surface area contributed by atoms with Crippen LogP contribution in [0.25, 0.3) is 31.8 Å². The van der Waals surface area contributed by atoms with Crippen molar-refractivity contribution in [3.8, 4) is 5.75 Å². The lowest BCUT2D eigenvalue weighted by atomic mass is 10.0. The van der Waals surface area contributed by atoms with Gasteiger partial charge in [0.1, 0.15) is 11.6 Å². The van der Waals surface area contributed by atoms with Crippen LogP contribution in [0.3, 0.4) is 0 Å². The van der Waals surface area contributed by atoms with E-state index < -0.39 is 5.82 Å². The van der Waals surface area contributed by atoms with Crippen molar-refractivity contribution in [3.63, 3.8) is 0 Å². The standard InChI is InChI=1S/C21H14FN3O2S/c22-12-3-6-14-16(9-12)17-15(7-8-23-20(17)27)19-18(14)25-21(28-19)24-10-11-1-4-13(26)5-2-11/h1-9,26H,10H2,(H,23,27)(H,24,25). The number of pyridine rings is 1. The fourth-order valence-electron chi connectivity index (χ4n) is 3.42. The molecule has 0 amide bonds. The molecule has 0 aliphatic heterocycles. The Morgan fingerprint density at radius 3 is 2.71 bits per heavy atom. The molecular formula is C21H14FN3O2S. The normalized spacial score (nSPS) is 11.5. The molecule has 7 heteroatoms. The predicted octanol–water partition coefficient (Wildman–Crippen LogP) is 4.75. The van der Waals surface area contributed by atoms with Crippen molar-refractivity contribution >= 4 is 48.2 Å². The molecule has 0 aliphatic carbocycles. The summed E-state index contributed by atoms with van der Waals surface area (Å²) in [5.74, 6) is -0.170. The summed E-state index contributed by atoms with van der Waals surface area (Å²) in [5.41, 5.74) is 1.50. The molecule has 3 aromatic carbocycles. The van der Waals surface area contributed by atoms with Crippen LogP contribution in [-0.2, 0) is 6.54 Å². The quantitative estimate of drug-likeness (QED) is 0.388. The van der Waals surface area contributed by atoms with Crippen molar-refractivity contribution in [2.75, 3.05) is 5.32 Å². The Bertz CT molecular complexity index is 1410. The van der Waals surface area contributed by atoms with Crippen LogP contribution in [0, 0.1) is 5.82 Å². The molecule has 0 aliphatic rings. The highest BCUT2D eigenvalue weighted by Gasteiger charge is 2.16. The molecule has 28 heavy (non-hydrogen) atoms. The van der Waals surface area contributed by atoms with Gasteiger partial charge in [0.2, 0.25) is 0 Å². The molecule has 5 nitrogen and oxygen atoms in total. The molecule has 0 bridgehead atoms. The summed E-state index contributed by atoms with van der Waals surface area (Å²) in [6.45, 7) is 0.547. The Hall–Kier alpha value is -3.45. The fraction of sp³-hybridized carbons (Fsp3) is 0.0476. The number of H-pyrrole nitrogens is 1. The van der Waals surface area contributed by atoms with Crippen LogP contribution in [0.5, 0.6) is 5.75 Å². The van der Waals surface area contributed by atoms with E-state index in [1.54, 1.807) is 24.4 Å². The summed E-state index contributed by atoms with van der Waals surface area (Å²) in [7, 11) is 0. The first-order valence-corrected chi connectivity index (χ1v) is 9.47. The first-order valence-electron chi connectivity index (χ1n) is 8.65. The zero-order chi connectivity index (χ0) is 19.3. The highest BCUT2D eigenvalue weighted by Crippen LogP contribution is 2.38. The number of thiazole rings is 1. The minimum Gasteiger partial charge on any atom is -0.508 e. The second-order valence-corrected chi connectivity index (χ2v) is 7.50. The second kappa shape index (κ2) is 6.31. The average molecular weight is 391 g/mol. The lowest BCUT2D eigenvalue weighted by Gasteiger charge is -2.05. The largest absolute Gasteiger partial charge is 0.508 e. The van der Waals surface area contributed by atoms with Gasteiger partial charge in [0.05, 0.1) is 15.6 Å². The van der Waals surface area contributed by atoms with Gasteiger partial charge in [0, 0.05) is 28.9 Å². The van der Waals surface area contributed by atoms with Crippen molar-refractivity contribution in [2.45, 2.75) is 6.54 Å². The van der Waals surface area contributed by atoms with E-state index in [9.17, 15) is 14.3 Å². The number of phenolic OH excluding ortho intramolecular Hbond substituents is 1. The number of hydrogen-bond acceptors (Lipinski definition) is 5. The molecule has 0 saturated carbocycles. The van der Waals surface area contributed by atoms with Gasteiger partial charge < -0.3 is 15.4 Å². The van der Waals surface area contributed by atoms with Gasteiger partial charge in [-0.3, -0.25) is 4.79 Å². The summed E-state index contributed by atoms with van der Waals surface area (Å²) in [4.78, 5) is 19.8. The lowest BCUT2D eigenvalue weighted by Crippen LogP contribution is -2.05. The van der Waals surface area contributed by atoms with Crippen LogP contribution < -0.4 is 10.9 Å². The molecule has 0 fully saturated rings. The molecule has 0 spiro atoms. The predicted molar refractivity (Wildman–Crippen MR) is 111 cm³/mol. The van der Waals surface area contributed by atoms with E-state index in [1.807, 2.05) is 18.2 Å². The summed E-state index contributed by atoms with van der Waals surface area (Å²) >= 11 is 1.46. The summed E-state index contributed by atoms with van der Waals surface area (Å²) in [5, 5.41) is 15.9. The zero-order valence-electron chi connectivity index (χ0n) is 14.5. The van der Waals surface area contributed by atoms with E-state index in [1.165, 1.54) is 23.5 Å². The minimum absolute atomic E-state index is 0.221. The molecule has 0 radical (unpaired) electrons. The molecule has 5 rings (SSSR count). The Morgan fingerprint density at radius 2 is 1.89 bits per heavy atom. The lowest BCUT2D eigenvalue weighted by molar-refractivity contribution is 0.475. The molecule has 0 atom stereocenters. The van der Waals surface area contributed by atoms with Gasteiger partial charge in [-0.1, -0.05) is 23.5 Å². The number of rotatable bonds is 3. The van der Waals surface area contributed by atoms with Gasteiger partial charge in [-0.15, -0.1) is 0 Å². The number of aromatic amines is 1. The number of nitrogens with one attached hydrogen (secondary N) is 2. The van der Waals surface area contributed by atoms with Gasteiger partial charge in [0.15, 0.2) is 5.13 Å². The van der Waals surface area contributed by atoms with Gasteiger partial charge in [-0.2, -0.15) is 0 Å². The Kier molecular flexibility index (Phi) is 3.77. The zero-order valence-corrected chi connectivity index (χ0v) is 15.3. The molecule has 3 N–H and O–H groups in total. The smallest absolute Gasteiger partial charge is 0.256 e. The highest BCUT2D eigenvalue weighted by molar-refractivity contribution is 7.23. The van der Waals surface area contributed by atoms with Crippen LogP contribution in [-0.4, -0.2) is 15.1 Å². The highest BCUT2D eigenvalue weighted by atomic mass is 32.1. The maximum Gasteiger partial charge on any atom is 0.256 e. The fourth-order valence-corrected chi connectivity index (χ4v) is 4.42. The molecule has 138 valence electrons. The van der Waals surface area contributed by atoms with E-state index in [0.29, 0.717) is 22.4 Å². The van der Waals surface area contributed by atoms with Crippen molar-refractivity contribution in [3.05, 3.63) is 76.5 Å². The third-order valence-electron chi connectivity index (χ3n) is 4.72. The third-order valence-corrected chi connectivity index (χ3v) is 5.77. The average Bonchev–Trinajstić information content (AvgIpc) is 3.12. The minimum atomic E-state index is -0.391. The molecule has 5 aromatic rings. The van der Waals surface area contributed by atoms with Crippen molar-refractivity contribution < 1.29 is 9.50 Å². The van der Waals surface area contributed by atoms with Gasteiger partial charge >= 0.3 is 0 Å². The van der Waals surface area contributed by atoms with E-state index in [2.05, 4.69) is 10.3 Å². The SMILES string of the molecule is O=c1[nH]ccc2c3sc(NCc4ccc(O)cc4)nc3c3ccc(F)cc3c12. The monoisotopic (exact) mass is 391 g/mol. The Morgan fingerprint density at radius 1 is 1.07 bits per heavy atom. The number of nitrogens with zero attached hydrogens (tertiary/aromatic N) is 1. The number of hydrogen-bond donors (Lipinski definition) is 3. The summed E-state index contributed by atoms with van der Waals surface area (Å²) in [6, 6.07) is 13.2. The van der Waals surface area contributed by atoms with E-state index >= 15 is 0 Å². The van der Waals surface area contributed by atoms with Gasteiger partial charge in [-0.05, 0) is 42.0 Å². The van der Waals surface area contributed by atoms with E-state index in [0.717, 1.165) is 26.6 Å². The van der Waals surface area contributed by atoms with Crippen LogP contribution in [0.4, 0.5) is 9.52 Å². The van der Waals surface area contributed by atoms with Crippen LogP contribution in [0.15, 0.2) is 59.5 Å². The summed E-state index contributed by atoms with van der Waals surface area (Å²) in [6.07, 6.45) is 1.60. The topological polar surface area (TPSA) is 78.0 Å². The molecular weight excluding hydrogens is 377 g/mol. The van der Waals surface area contributed by atoms with E-state index in [-0.39, 0.29) is 11.3 Å². The Labute approximate surface area is 162 Å². The number of halogens is 1. The maximum absolute atomic E-state index is 13.9. The van der Waals surface area contributed by atoms with E-state index in [4.69, 9.17) is 4.98 Å². The number of aromatic hydroxyl groups is 1. The van der Waals surface area contributed by atoms with Gasteiger partial charge in [-0.25, -0.2) is 9.37 Å². The molecule has 0 unspecified atom stereocenters. The van der Waals surface area contributed by atoms with Crippen LogP contribution >= 0.6 is 11.3 Å².